The number of H-pyrrole nitrogens is 1. The number of benzene rings is 4. The molecule has 0 spiro atoms. The molecule has 5 N–H and O–H groups in total. The third-order valence-electron chi connectivity index (χ3n) is 18.4. The van der Waals surface area contributed by atoms with Gasteiger partial charge in [-0.1, -0.05) is 67.6 Å². The van der Waals surface area contributed by atoms with Gasteiger partial charge in [-0.2, -0.15) is 20.2 Å². The molecule has 14 rings (SSSR count). The van der Waals surface area contributed by atoms with Gasteiger partial charge in [-0.3, -0.25) is 19.4 Å². The third-order valence-corrected chi connectivity index (χ3v) is 18.4. The fourth-order valence-corrected chi connectivity index (χ4v) is 13.7. The summed E-state index contributed by atoms with van der Waals surface area (Å²) in [6.45, 7) is 11.2. The number of rotatable bonds is 19. The molecule has 85 heavy (non-hydrogen) atoms. The van der Waals surface area contributed by atoms with Crippen LogP contribution in [-0.2, 0) is 32.2 Å². The van der Waals surface area contributed by atoms with Crippen LogP contribution in [0.5, 0.6) is 11.8 Å². The molecule has 4 aromatic heterocycles. The molecule has 4 aromatic carbocycles. The predicted octanol–water partition coefficient (Wildman–Crippen LogP) is 7.17. The molecule has 8 aromatic rings. The van der Waals surface area contributed by atoms with E-state index in [2.05, 4.69) is 47.2 Å². The smallest absolute Gasteiger partial charge is 0.319 e. The molecule has 1 saturated carbocycles. The van der Waals surface area contributed by atoms with E-state index in [0.29, 0.717) is 71.6 Å². The summed E-state index contributed by atoms with van der Waals surface area (Å²) in [5.41, 5.74) is 8.86. The fourth-order valence-electron chi connectivity index (χ4n) is 13.7. The van der Waals surface area contributed by atoms with Crippen molar-refractivity contribution in [3.05, 3.63) is 113 Å². The van der Waals surface area contributed by atoms with E-state index in [9.17, 15) is 19.8 Å². The minimum atomic E-state index is -0.987. The van der Waals surface area contributed by atoms with E-state index in [1.807, 2.05) is 87.0 Å². The van der Waals surface area contributed by atoms with E-state index < -0.39 is 30.1 Å². The average Bonchev–Trinajstić information content (AvgIpc) is 2.33. The molecule has 442 valence electrons. The molecule has 5 aliphatic heterocycles. The second-order valence-electron chi connectivity index (χ2n) is 24.2. The number of β-amino-alcohol motifs (C(OH)–C–C–N with tert-alkyl or cyclic N) is 1. The molecular formula is C63H70FN13O8. The fraction of sp³-hybridized carbons (Fsp3) is 0.460. The van der Waals surface area contributed by atoms with Gasteiger partial charge < -0.3 is 49.6 Å². The average molecular weight is 1160 g/mol. The maximum atomic E-state index is 16.2. The van der Waals surface area contributed by atoms with Gasteiger partial charge in [0.05, 0.1) is 62.2 Å². The number of hydrogen-bond donors (Lipinski definition) is 5. The second-order valence-corrected chi connectivity index (χ2v) is 24.2. The Morgan fingerprint density at radius 1 is 0.953 bits per heavy atom. The summed E-state index contributed by atoms with van der Waals surface area (Å²) in [4.78, 5) is 43.1. The van der Waals surface area contributed by atoms with Crippen LogP contribution in [0.4, 0.5) is 10.2 Å². The summed E-state index contributed by atoms with van der Waals surface area (Å²) in [6, 6.07) is 19.2. The van der Waals surface area contributed by atoms with E-state index in [4.69, 9.17) is 28.9 Å². The summed E-state index contributed by atoms with van der Waals surface area (Å²) in [5.74, 6) is 0.371. The SMILES string of the molecule is CCn1nccc1-c1ccc([C@H](CO)NC(=O)[C@@H]2C[C@@H](O)CN2C(=O)[C@H](C(C)C)n2cc(-c3ccc(COc4c(-c5c(C)c(F)cc6[nH]ncc56)c(C5CC5)cc5c(N6C[C@@H]7C[C@H]6CN7)nc(OCC6COC7OCCC67)nc45)cc3)nn2)cc1. The van der Waals surface area contributed by atoms with Gasteiger partial charge >= 0.3 is 6.01 Å². The lowest BCUT2D eigenvalue weighted by atomic mass is 9.88. The quantitative estimate of drug-likeness (QED) is 0.0539. The molecule has 21 nitrogen and oxygen atoms in total. The van der Waals surface area contributed by atoms with Crippen molar-refractivity contribution in [2.24, 2.45) is 17.8 Å². The molecule has 0 radical (unpaired) electrons. The Bertz CT molecular complexity index is 3810. The van der Waals surface area contributed by atoms with Gasteiger partial charge in [0.2, 0.25) is 11.8 Å². The third kappa shape index (κ3) is 10.2. The van der Waals surface area contributed by atoms with E-state index in [1.54, 1.807) is 18.6 Å². The highest BCUT2D eigenvalue weighted by molar-refractivity contribution is 6.06. The van der Waals surface area contributed by atoms with Gasteiger partial charge in [0.15, 0.2) is 12.0 Å². The Balaban J connectivity index is 0.745. The Morgan fingerprint density at radius 2 is 1.78 bits per heavy atom. The number of amides is 2. The number of carbonyl (C=O) groups is 2. The topological polar surface area (TPSA) is 245 Å². The van der Waals surface area contributed by atoms with E-state index in [-0.39, 0.29) is 79.9 Å². The lowest BCUT2D eigenvalue weighted by Gasteiger charge is -2.30. The Morgan fingerprint density at radius 3 is 2.53 bits per heavy atom. The van der Waals surface area contributed by atoms with Gasteiger partial charge in [0.25, 0.3) is 0 Å². The van der Waals surface area contributed by atoms with Gasteiger partial charge in [0.1, 0.15) is 41.5 Å². The zero-order valence-electron chi connectivity index (χ0n) is 48.0. The van der Waals surface area contributed by atoms with Crippen LogP contribution in [-0.4, -0.2) is 148 Å². The molecule has 5 saturated heterocycles. The summed E-state index contributed by atoms with van der Waals surface area (Å²) < 4.78 is 45.3. The van der Waals surface area contributed by atoms with Crippen LogP contribution in [0, 0.1) is 30.5 Å². The van der Waals surface area contributed by atoms with Crippen molar-refractivity contribution in [3.8, 4) is 45.4 Å². The zero-order chi connectivity index (χ0) is 58.2. The van der Waals surface area contributed by atoms with Gasteiger partial charge in [-0.25, -0.2) is 9.07 Å². The molecule has 3 unspecified atom stereocenters. The highest BCUT2D eigenvalue weighted by Gasteiger charge is 2.45. The van der Waals surface area contributed by atoms with Gasteiger partial charge in [0, 0.05) is 90.2 Å². The summed E-state index contributed by atoms with van der Waals surface area (Å²) in [6.07, 6.45) is 7.98. The number of piperazine rings is 1. The minimum absolute atomic E-state index is 0.0383. The number of aliphatic hydroxyl groups is 2. The summed E-state index contributed by atoms with van der Waals surface area (Å²) in [7, 11) is 0. The molecule has 6 aliphatic rings. The van der Waals surface area contributed by atoms with Crippen molar-refractivity contribution >= 4 is 39.4 Å². The second kappa shape index (κ2) is 22.5. The number of ether oxygens (including phenoxy) is 4. The molecule has 1 aliphatic carbocycles. The molecule has 9 heterocycles. The number of fused-ring (bicyclic) bond motifs is 5. The van der Waals surface area contributed by atoms with Crippen molar-refractivity contribution in [1.82, 2.24) is 60.5 Å². The normalized spacial score (nSPS) is 23.4. The van der Waals surface area contributed by atoms with Crippen molar-refractivity contribution in [2.75, 3.05) is 51.0 Å². The van der Waals surface area contributed by atoms with Crippen LogP contribution in [0.2, 0.25) is 0 Å². The monoisotopic (exact) mass is 1160 g/mol. The molecule has 2 bridgehead atoms. The zero-order valence-corrected chi connectivity index (χ0v) is 48.0. The van der Waals surface area contributed by atoms with Crippen LogP contribution in [0.1, 0.15) is 93.1 Å². The maximum absolute atomic E-state index is 16.2. The van der Waals surface area contributed by atoms with Crippen molar-refractivity contribution in [1.29, 1.82) is 0 Å². The Labute approximate surface area is 490 Å². The standard InChI is InChI=1S/C63H70FN13O8/c1-5-76-52(16-18-67-76)39-14-12-38(13-15-39)51(29-78)68-60(80)53-21-43(79)27-75(53)61(81)57(33(2)3)77-28-50(72-73-77)37-8-6-35(7-9-37)30-83-58-55(54-34(4)48(64)23-49-47(54)25-66-71-49)45(36-10-11-36)22-46-56(58)69-63(70-59(46)74-26-41-20-42(74)24-65-41)85-32-40-31-84-62-44(40)17-19-82-62/h6-9,12-16,18,22-23,25,28,33,36,40-44,51,53,57,62,65,78-79H,5,10-11,17,19-21,24,26-27,29-32H2,1-4H3,(H,66,71)(H,68,80)/t40?,41-,42-,43+,44?,51-,53-,57-,62?/m0/s1. The first-order chi connectivity index (χ1) is 41.4. The first-order valence-corrected chi connectivity index (χ1v) is 29.9. The Kier molecular flexibility index (Phi) is 14.6. The number of anilines is 1. The largest absolute Gasteiger partial charge is 0.486 e. The maximum Gasteiger partial charge on any atom is 0.319 e. The first-order valence-electron chi connectivity index (χ1n) is 29.9. The van der Waals surface area contributed by atoms with Crippen molar-refractivity contribution in [2.45, 2.75) is 121 Å². The molecule has 2 amide bonds. The number of nitrogens with one attached hydrogen (secondary N) is 3. The van der Waals surface area contributed by atoms with Gasteiger partial charge in [-0.15, -0.1) is 5.10 Å². The van der Waals surface area contributed by atoms with Crippen LogP contribution in [0.15, 0.2) is 85.3 Å². The lowest BCUT2D eigenvalue weighted by molar-refractivity contribution is -0.142. The molecule has 9 atom stereocenters. The van der Waals surface area contributed by atoms with Crippen LogP contribution < -0.4 is 25.0 Å². The lowest BCUT2D eigenvalue weighted by Crippen LogP contribution is -2.50. The molecular weight excluding hydrogens is 1090 g/mol. The number of likely N-dealkylation sites (tertiary alicyclic amines) is 1. The summed E-state index contributed by atoms with van der Waals surface area (Å²) in [5, 5.41) is 50.4. The number of aryl methyl sites for hydroxylation is 1. The Hall–Kier alpha value is -7.89. The molecule has 22 heteroatoms. The van der Waals surface area contributed by atoms with Crippen LogP contribution >= 0.6 is 0 Å². The minimum Gasteiger partial charge on any atom is -0.486 e. The number of aromatic amines is 1. The summed E-state index contributed by atoms with van der Waals surface area (Å²) >= 11 is 0. The van der Waals surface area contributed by atoms with E-state index in [0.717, 1.165) is 88.9 Å². The number of carbonyl (C=O) groups excluding carboxylic acids is 2. The van der Waals surface area contributed by atoms with Crippen LogP contribution in [0.3, 0.4) is 0 Å². The number of halogens is 1. The first kappa shape index (κ1) is 55.0. The number of aromatic nitrogens is 9. The van der Waals surface area contributed by atoms with Crippen molar-refractivity contribution in [3.63, 3.8) is 0 Å². The number of nitrogens with zero attached hydrogens (tertiary/aromatic N) is 10. The van der Waals surface area contributed by atoms with E-state index >= 15 is 4.39 Å². The number of aliphatic hydroxyl groups excluding tert-OH is 2. The highest BCUT2D eigenvalue weighted by Crippen LogP contribution is 2.54. The molecule has 6 fully saturated rings. The number of hydrogen-bond acceptors (Lipinski definition) is 16. The van der Waals surface area contributed by atoms with E-state index in [1.165, 1.54) is 15.6 Å². The predicted molar refractivity (Wildman–Crippen MR) is 313 cm³/mol. The highest BCUT2D eigenvalue weighted by atomic mass is 19.1. The van der Waals surface area contributed by atoms with Crippen molar-refractivity contribution < 1.29 is 43.1 Å². The van der Waals surface area contributed by atoms with Gasteiger partial charge in [-0.05, 0) is 97.4 Å². The van der Waals surface area contributed by atoms with Crippen LogP contribution in [0.25, 0.3) is 55.4 Å².